The topological polar surface area (TPSA) is 152 Å². The van der Waals surface area contributed by atoms with Crippen molar-refractivity contribution in [3.8, 4) is 0 Å². The molecule has 6 N–H and O–H groups in total. The zero-order valence-electron chi connectivity index (χ0n) is 13.0. The lowest BCUT2D eigenvalue weighted by molar-refractivity contribution is -0.301. The van der Waals surface area contributed by atoms with Gasteiger partial charge in [0.25, 0.3) is 0 Å². The molecule has 0 aromatic heterocycles. The Morgan fingerprint density at radius 3 is 2.26 bits per heavy atom. The van der Waals surface area contributed by atoms with Crippen LogP contribution in [0.5, 0.6) is 0 Å². The van der Waals surface area contributed by atoms with Crippen LogP contribution < -0.4 is 0 Å². The molecule has 9 nitrogen and oxygen atoms in total. The van der Waals surface area contributed by atoms with Gasteiger partial charge in [-0.1, -0.05) is 6.92 Å². The molecule has 136 valence electrons. The van der Waals surface area contributed by atoms with Gasteiger partial charge in [-0.2, -0.15) is 0 Å². The van der Waals surface area contributed by atoms with Crippen molar-refractivity contribution < 1.29 is 44.8 Å². The fraction of sp³-hybridized carbons (Fsp3) is 1.00. The van der Waals surface area contributed by atoms with E-state index in [0.29, 0.717) is 6.42 Å². The Labute approximate surface area is 134 Å². The Balaban J connectivity index is 1.88. The highest BCUT2D eigenvalue weighted by atomic mass is 16.7. The second-order valence-electron chi connectivity index (χ2n) is 6.15. The molecule has 2 heterocycles. The fourth-order valence-corrected chi connectivity index (χ4v) is 3.02. The third-order valence-electron chi connectivity index (χ3n) is 4.75. The molecule has 0 saturated carbocycles. The lowest BCUT2D eigenvalue weighted by Gasteiger charge is -2.39. The van der Waals surface area contributed by atoms with Gasteiger partial charge in [-0.15, -0.1) is 0 Å². The highest BCUT2D eigenvalue weighted by Crippen LogP contribution is 2.45. The molecule has 0 radical (unpaired) electrons. The molecule has 0 aliphatic carbocycles. The van der Waals surface area contributed by atoms with Gasteiger partial charge in [-0.25, -0.2) is 0 Å². The van der Waals surface area contributed by atoms with Crippen molar-refractivity contribution in [3.05, 3.63) is 0 Å². The molecule has 9 heteroatoms. The van der Waals surface area contributed by atoms with Gasteiger partial charge in [0.1, 0.15) is 36.1 Å². The standard InChI is InChI=1S/C14H26O9/c1-7(4-15)14(9(6-17)23-14)2-3-21-13-12(20)11(19)10(18)8(5-16)22-13/h7-13,15-20H,2-6H2,1H3/t7-,8-,9-,10-,11+,12-,13-,14-/m1/s1. The van der Waals surface area contributed by atoms with Gasteiger partial charge < -0.3 is 44.8 Å². The Kier molecular flexibility index (Phi) is 6.34. The first kappa shape index (κ1) is 19.0. The van der Waals surface area contributed by atoms with E-state index < -0.39 is 42.9 Å². The molecule has 0 amide bonds. The van der Waals surface area contributed by atoms with Gasteiger partial charge in [0, 0.05) is 18.9 Å². The third-order valence-corrected chi connectivity index (χ3v) is 4.75. The van der Waals surface area contributed by atoms with E-state index in [1.165, 1.54) is 0 Å². The molecule has 2 fully saturated rings. The molecule has 0 unspecified atom stereocenters. The van der Waals surface area contributed by atoms with E-state index in [1.807, 2.05) is 0 Å². The van der Waals surface area contributed by atoms with Crippen LogP contribution in [0.1, 0.15) is 13.3 Å². The molecule has 2 saturated heterocycles. The molecule has 23 heavy (non-hydrogen) atoms. The normalized spacial score (nSPS) is 45.0. The Hall–Kier alpha value is -0.360. The molecule has 0 aromatic carbocycles. The van der Waals surface area contributed by atoms with Crippen molar-refractivity contribution in [1.29, 1.82) is 0 Å². The molecule has 2 aliphatic heterocycles. The monoisotopic (exact) mass is 338 g/mol. The molecule has 0 bridgehead atoms. The van der Waals surface area contributed by atoms with Crippen LogP contribution in [-0.4, -0.2) is 99.5 Å². The van der Waals surface area contributed by atoms with E-state index in [2.05, 4.69) is 0 Å². The summed E-state index contributed by atoms with van der Waals surface area (Å²) in [6, 6.07) is 0. The van der Waals surface area contributed by atoms with Gasteiger partial charge in [0.15, 0.2) is 6.29 Å². The van der Waals surface area contributed by atoms with Gasteiger partial charge in [0.05, 0.1) is 19.8 Å². The number of rotatable bonds is 8. The Morgan fingerprint density at radius 2 is 1.74 bits per heavy atom. The summed E-state index contributed by atoms with van der Waals surface area (Å²) in [7, 11) is 0. The summed E-state index contributed by atoms with van der Waals surface area (Å²) in [5, 5.41) is 56.8. The smallest absolute Gasteiger partial charge is 0.186 e. The van der Waals surface area contributed by atoms with Crippen molar-refractivity contribution >= 4 is 0 Å². The van der Waals surface area contributed by atoms with Gasteiger partial charge in [-0.05, 0) is 0 Å². The minimum absolute atomic E-state index is 0.0868. The summed E-state index contributed by atoms with van der Waals surface area (Å²) in [6.45, 7) is 1.10. The van der Waals surface area contributed by atoms with Crippen LogP contribution in [0.15, 0.2) is 0 Å². The molecule has 0 spiro atoms. The average Bonchev–Trinajstić information content (AvgIpc) is 3.28. The second-order valence-corrected chi connectivity index (χ2v) is 6.15. The van der Waals surface area contributed by atoms with Crippen molar-refractivity contribution in [3.63, 3.8) is 0 Å². The summed E-state index contributed by atoms with van der Waals surface area (Å²) in [5.74, 6) is -0.196. The molecule has 0 aromatic rings. The number of aliphatic hydroxyl groups excluding tert-OH is 6. The average molecular weight is 338 g/mol. The van der Waals surface area contributed by atoms with Crippen LogP contribution >= 0.6 is 0 Å². The van der Waals surface area contributed by atoms with E-state index in [1.54, 1.807) is 6.92 Å². The summed E-state index contributed by atoms with van der Waals surface area (Å²) >= 11 is 0. The minimum Gasteiger partial charge on any atom is -0.396 e. The first-order chi connectivity index (χ1) is 10.9. The quantitative estimate of drug-likeness (QED) is 0.253. The van der Waals surface area contributed by atoms with Gasteiger partial charge >= 0.3 is 0 Å². The lowest BCUT2D eigenvalue weighted by atomic mass is 9.88. The van der Waals surface area contributed by atoms with Gasteiger partial charge in [0.2, 0.25) is 0 Å². The van der Waals surface area contributed by atoms with Crippen LogP contribution in [0.25, 0.3) is 0 Å². The number of hydrogen-bond acceptors (Lipinski definition) is 9. The molecule has 2 rings (SSSR count). The highest BCUT2D eigenvalue weighted by Gasteiger charge is 2.59. The van der Waals surface area contributed by atoms with Crippen LogP contribution in [-0.2, 0) is 14.2 Å². The zero-order valence-corrected chi connectivity index (χ0v) is 13.0. The second kappa shape index (κ2) is 7.68. The number of aliphatic hydroxyl groups is 6. The lowest BCUT2D eigenvalue weighted by Crippen LogP contribution is -2.59. The third kappa shape index (κ3) is 3.68. The van der Waals surface area contributed by atoms with E-state index in [4.69, 9.17) is 19.3 Å². The van der Waals surface area contributed by atoms with Crippen molar-refractivity contribution in [2.75, 3.05) is 26.4 Å². The van der Waals surface area contributed by atoms with Crippen molar-refractivity contribution in [2.45, 2.75) is 55.8 Å². The zero-order chi connectivity index (χ0) is 17.2. The summed E-state index contributed by atoms with van der Waals surface area (Å²) in [5.41, 5.74) is -0.683. The summed E-state index contributed by atoms with van der Waals surface area (Å²) < 4.78 is 16.1. The number of epoxide rings is 1. The summed E-state index contributed by atoms with van der Waals surface area (Å²) in [6.07, 6.45) is -6.60. The van der Waals surface area contributed by atoms with Crippen LogP contribution in [0.3, 0.4) is 0 Å². The first-order valence-corrected chi connectivity index (χ1v) is 7.73. The SMILES string of the molecule is C[C@H](CO)[C@@]1(CCO[C@@H]2O[C@H](CO)[C@@H](O)[C@H](O)[C@H]2O)O[C@@H]1CO. The van der Waals surface area contributed by atoms with Crippen molar-refractivity contribution in [2.24, 2.45) is 5.92 Å². The first-order valence-electron chi connectivity index (χ1n) is 7.73. The van der Waals surface area contributed by atoms with Crippen LogP contribution in [0, 0.1) is 5.92 Å². The van der Waals surface area contributed by atoms with E-state index in [-0.39, 0.29) is 31.8 Å². The van der Waals surface area contributed by atoms with E-state index in [0.717, 1.165) is 0 Å². The molecular weight excluding hydrogens is 312 g/mol. The molecule has 8 atom stereocenters. The largest absolute Gasteiger partial charge is 0.396 e. The number of hydrogen-bond donors (Lipinski definition) is 6. The Morgan fingerprint density at radius 1 is 1.04 bits per heavy atom. The van der Waals surface area contributed by atoms with Crippen LogP contribution in [0.4, 0.5) is 0 Å². The molecule has 2 aliphatic rings. The predicted molar refractivity (Wildman–Crippen MR) is 75.3 cm³/mol. The summed E-state index contributed by atoms with van der Waals surface area (Å²) in [4.78, 5) is 0. The minimum atomic E-state index is -1.49. The van der Waals surface area contributed by atoms with E-state index >= 15 is 0 Å². The van der Waals surface area contributed by atoms with Crippen LogP contribution in [0.2, 0.25) is 0 Å². The highest BCUT2D eigenvalue weighted by molar-refractivity contribution is 5.05. The fourth-order valence-electron chi connectivity index (χ4n) is 3.02. The van der Waals surface area contributed by atoms with Crippen molar-refractivity contribution in [1.82, 2.24) is 0 Å². The number of ether oxygens (including phenoxy) is 3. The van der Waals surface area contributed by atoms with E-state index in [9.17, 15) is 25.5 Å². The van der Waals surface area contributed by atoms with Gasteiger partial charge in [-0.3, -0.25) is 0 Å². The predicted octanol–water partition coefficient (Wildman–Crippen LogP) is -3.05. The maximum Gasteiger partial charge on any atom is 0.186 e. The molecular formula is C14H26O9. The maximum atomic E-state index is 9.87. The Bertz CT molecular complexity index is 379. The maximum absolute atomic E-state index is 9.87.